The smallest absolute Gasteiger partial charge is 0.251 e. The molecule has 1 fully saturated rings. The van der Waals surface area contributed by atoms with Gasteiger partial charge in [-0.25, -0.2) is 0 Å². The fourth-order valence-electron chi connectivity index (χ4n) is 6.33. The van der Waals surface area contributed by atoms with Crippen molar-refractivity contribution in [1.82, 2.24) is 15.2 Å². The number of nitrogens with one attached hydrogen (secondary N) is 2. The summed E-state index contributed by atoms with van der Waals surface area (Å²) in [5, 5.41) is 6.17. The molecule has 1 saturated heterocycles. The van der Waals surface area contributed by atoms with Crippen LogP contribution >= 0.6 is 0 Å². The van der Waals surface area contributed by atoms with E-state index in [-0.39, 0.29) is 29.6 Å². The van der Waals surface area contributed by atoms with E-state index in [4.69, 9.17) is 0 Å². The van der Waals surface area contributed by atoms with Crippen molar-refractivity contribution in [2.24, 2.45) is 11.8 Å². The van der Waals surface area contributed by atoms with Gasteiger partial charge in [-0.05, 0) is 67.3 Å². The van der Waals surface area contributed by atoms with Gasteiger partial charge in [-0.3, -0.25) is 19.4 Å². The second-order valence-corrected chi connectivity index (χ2v) is 11.1. The van der Waals surface area contributed by atoms with E-state index in [1.165, 1.54) is 11.1 Å². The zero-order chi connectivity index (χ0) is 28.4. The molecule has 0 spiro atoms. The van der Waals surface area contributed by atoms with E-state index >= 15 is 0 Å². The molecule has 3 atom stereocenters. The minimum Gasteiger partial charge on any atom is -0.342 e. The molecule has 208 valence electrons. The average Bonchev–Trinajstić information content (AvgIpc) is 3.39. The largest absolute Gasteiger partial charge is 0.342 e. The Morgan fingerprint density at radius 2 is 1.62 bits per heavy atom. The van der Waals surface area contributed by atoms with Crippen molar-refractivity contribution in [2.45, 2.75) is 71.5 Å². The van der Waals surface area contributed by atoms with Crippen LogP contribution in [0.4, 0.5) is 5.69 Å². The Kier molecular flexibility index (Phi) is 8.01. The number of carbonyl (C=O) groups is 3. The Hall–Kier alpha value is -4.00. The van der Waals surface area contributed by atoms with E-state index in [9.17, 15) is 14.4 Å². The number of aromatic nitrogens is 1. The van der Waals surface area contributed by atoms with Gasteiger partial charge >= 0.3 is 0 Å². The summed E-state index contributed by atoms with van der Waals surface area (Å²) in [4.78, 5) is 48.7. The zero-order valence-electron chi connectivity index (χ0n) is 23.7. The lowest BCUT2D eigenvalue weighted by molar-refractivity contribution is -0.159. The van der Waals surface area contributed by atoms with Crippen molar-refractivity contribution < 1.29 is 14.4 Å². The van der Waals surface area contributed by atoms with Crippen LogP contribution in [0.15, 0.2) is 66.9 Å². The molecule has 1 aliphatic carbocycles. The van der Waals surface area contributed by atoms with Gasteiger partial charge in [-0.15, -0.1) is 0 Å². The SMILES string of the molecule is CCC(CC)C1C(=O)N[C@H](C2Cc3ccccc3C2)C(=O)N1C(C(=O)Nc1ccccc1C)c1ccc(C)nc1. The summed E-state index contributed by atoms with van der Waals surface area (Å²) < 4.78 is 0. The Morgan fingerprint density at radius 3 is 2.23 bits per heavy atom. The molecule has 7 nitrogen and oxygen atoms in total. The first kappa shape index (κ1) is 27.6. The number of benzene rings is 2. The third kappa shape index (κ3) is 5.25. The van der Waals surface area contributed by atoms with Gasteiger partial charge in [0, 0.05) is 23.1 Å². The van der Waals surface area contributed by atoms with Gasteiger partial charge in [0.25, 0.3) is 5.91 Å². The molecule has 2 unspecified atom stereocenters. The van der Waals surface area contributed by atoms with Crippen LogP contribution in [0.3, 0.4) is 0 Å². The number of pyridine rings is 1. The van der Waals surface area contributed by atoms with Gasteiger partial charge in [0.2, 0.25) is 11.8 Å². The lowest BCUT2D eigenvalue weighted by Gasteiger charge is -2.46. The van der Waals surface area contributed by atoms with E-state index in [2.05, 4.69) is 27.8 Å². The first-order valence-electron chi connectivity index (χ1n) is 14.3. The van der Waals surface area contributed by atoms with E-state index in [0.717, 1.165) is 11.3 Å². The molecular weight excluding hydrogens is 500 g/mol. The number of carbonyl (C=O) groups excluding carboxylic acids is 3. The molecule has 7 heteroatoms. The molecule has 1 aromatic heterocycles. The predicted octanol–water partition coefficient (Wildman–Crippen LogP) is 4.93. The summed E-state index contributed by atoms with van der Waals surface area (Å²) in [6.45, 7) is 7.87. The molecule has 0 bridgehead atoms. The van der Waals surface area contributed by atoms with E-state index in [0.29, 0.717) is 36.9 Å². The monoisotopic (exact) mass is 538 g/mol. The van der Waals surface area contributed by atoms with Crippen molar-refractivity contribution in [2.75, 3.05) is 5.32 Å². The summed E-state index contributed by atoms with van der Waals surface area (Å²) in [5.74, 6) is -0.927. The second kappa shape index (κ2) is 11.6. The first-order chi connectivity index (χ1) is 19.3. The average molecular weight is 539 g/mol. The molecule has 2 heterocycles. The fraction of sp³-hybridized carbons (Fsp3) is 0.394. The molecule has 1 aliphatic heterocycles. The third-order valence-electron chi connectivity index (χ3n) is 8.62. The maximum absolute atomic E-state index is 14.6. The molecule has 40 heavy (non-hydrogen) atoms. The van der Waals surface area contributed by atoms with Crippen LogP contribution in [-0.4, -0.2) is 39.7 Å². The number of piperazine rings is 1. The topological polar surface area (TPSA) is 91.4 Å². The van der Waals surface area contributed by atoms with Crippen molar-refractivity contribution in [3.8, 4) is 0 Å². The van der Waals surface area contributed by atoms with E-state index in [1.54, 1.807) is 11.1 Å². The van der Waals surface area contributed by atoms with Crippen LogP contribution in [0.1, 0.15) is 60.7 Å². The van der Waals surface area contributed by atoms with Crippen molar-refractivity contribution in [3.63, 3.8) is 0 Å². The van der Waals surface area contributed by atoms with Crippen LogP contribution < -0.4 is 10.6 Å². The number of anilines is 1. The van der Waals surface area contributed by atoms with E-state index < -0.39 is 18.1 Å². The molecule has 0 radical (unpaired) electrons. The maximum atomic E-state index is 14.6. The summed E-state index contributed by atoms with van der Waals surface area (Å²) in [6, 6.07) is 16.9. The highest BCUT2D eigenvalue weighted by Crippen LogP contribution is 2.37. The number of rotatable bonds is 8. The number of amides is 3. The number of nitrogens with zero attached hydrogens (tertiary/aromatic N) is 2. The number of hydrogen-bond donors (Lipinski definition) is 2. The van der Waals surface area contributed by atoms with Crippen molar-refractivity contribution in [1.29, 1.82) is 0 Å². The molecule has 3 amide bonds. The highest BCUT2D eigenvalue weighted by atomic mass is 16.2. The van der Waals surface area contributed by atoms with Gasteiger partial charge in [0.1, 0.15) is 18.1 Å². The van der Waals surface area contributed by atoms with Crippen LogP contribution in [-0.2, 0) is 27.2 Å². The number of fused-ring (bicyclic) bond motifs is 1. The highest BCUT2D eigenvalue weighted by Gasteiger charge is 2.51. The summed E-state index contributed by atoms with van der Waals surface area (Å²) in [6.07, 6.45) is 4.49. The van der Waals surface area contributed by atoms with Gasteiger partial charge in [0.15, 0.2) is 0 Å². The molecule has 2 N–H and O–H groups in total. The zero-order valence-corrected chi connectivity index (χ0v) is 23.7. The lowest BCUT2D eigenvalue weighted by atomic mass is 9.84. The Morgan fingerprint density at radius 1 is 0.975 bits per heavy atom. The lowest BCUT2D eigenvalue weighted by Crippen LogP contribution is -2.68. The number of para-hydroxylation sites is 1. The molecule has 2 aliphatic rings. The van der Waals surface area contributed by atoms with Gasteiger partial charge in [-0.1, -0.05) is 75.2 Å². The first-order valence-corrected chi connectivity index (χ1v) is 14.3. The normalized spacial score (nSPS) is 19.9. The van der Waals surface area contributed by atoms with Crippen molar-refractivity contribution in [3.05, 3.63) is 94.8 Å². The van der Waals surface area contributed by atoms with Gasteiger partial charge in [-0.2, -0.15) is 0 Å². The standard InChI is InChI=1S/C33H38N4O3/c1-5-22(6-2)29-32(39)36-28(26-17-23-12-8-9-13-24(23)18-26)33(40)37(29)30(25-16-15-21(4)34-19-25)31(38)35-27-14-10-7-11-20(27)3/h7-16,19,22,26,28-30H,5-6,17-18H2,1-4H3,(H,35,38)(H,36,39)/t28-,29?,30?/m1/s1. The Labute approximate surface area is 236 Å². The molecule has 2 aromatic carbocycles. The molecular formula is C33H38N4O3. The van der Waals surface area contributed by atoms with Crippen LogP contribution in [0, 0.1) is 25.7 Å². The quantitative estimate of drug-likeness (QED) is 0.426. The summed E-state index contributed by atoms with van der Waals surface area (Å²) >= 11 is 0. The minimum absolute atomic E-state index is 0.0739. The molecule has 5 rings (SSSR count). The molecule has 3 aromatic rings. The summed E-state index contributed by atoms with van der Waals surface area (Å²) in [7, 11) is 0. The Bertz CT molecular complexity index is 1370. The second-order valence-electron chi connectivity index (χ2n) is 11.1. The van der Waals surface area contributed by atoms with Gasteiger partial charge in [0.05, 0.1) is 0 Å². The maximum Gasteiger partial charge on any atom is 0.251 e. The fourth-order valence-corrected chi connectivity index (χ4v) is 6.33. The predicted molar refractivity (Wildman–Crippen MR) is 156 cm³/mol. The van der Waals surface area contributed by atoms with Crippen molar-refractivity contribution >= 4 is 23.4 Å². The minimum atomic E-state index is -1.01. The third-order valence-corrected chi connectivity index (χ3v) is 8.62. The number of aryl methyl sites for hydroxylation is 2. The number of hydrogen-bond acceptors (Lipinski definition) is 4. The van der Waals surface area contributed by atoms with Crippen LogP contribution in [0.5, 0.6) is 0 Å². The van der Waals surface area contributed by atoms with Crippen LogP contribution in [0.2, 0.25) is 0 Å². The van der Waals surface area contributed by atoms with E-state index in [1.807, 2.05) is 76.2 Å². The van der Waals surface area contributed by atoms with Crippen LogP contribution in [0.25, 0.3) is 0 Å². The highest BCUT2D eigenvalue weighted by molar-refractivity contribution is 6.03. The van der Waals surface area contributed by atoms with Gasteiger partial charge < -0.3 is 15.5 Å². The summed E-state index contributed by atoms with van der Waals surface area (Å²) in [5.41, 5.74) is 5.40. The molecule has 0 saturated carbocycles. The Balaban J connectivity index is 1.58.